The van der Waals surface area contributed by atoms with E-state index in [1.54, 1.807) is 6.92 Å². The average Bonchev–Trinajstić information content (AvgIpc) is 2.90. The second-order valence-electron chi connectivity index (χ2n) is 8.36. The van der Waals surface area contributed by atoms with Gasteiger partial charge in [0.1, 0.15) is 6.54 Å². The summed E-state index contributed by atoms with van der Waals surface area (Å²) in [6.07, 6.45) is 6.37. The van der Waals surface area contributed by atoms with Crippen LogP contribution in [0.4, 0.5) is 4.79 Å². The molecule has 1 atom stereocenters. The van der Waals surface area contributed by atoms with E-state index in [1.807, 2.05) is 0 Å². The molecule has 1 aliphatic heterocycles. The summed E-state index contributed by atoms with van der Waals surface area (Å²) in [4.78, 5) is 37.6. The van der Waals surface area contributed by atoms with Gasteiger partial charge in [-0.25, -0.2) is 0 Å². The highest BCUT2D eigenvalue weighted by molar-refractivity contribution is 8.13. The maximum absolute atomic E-state index is 12.6. The lowest BCUT2D eigenvalue weighted by Gasteiger charge is -2.57. The van der Waals surface area contributed by atoms with Crippen LogP contribution in [0.15, 0.2) is 0 Å². The summed E-state index contributed by atoms with van der Waals surface area (Å²) in [6, 6.07) is 0. The lowest BCUT2D eigenvalue weighted by atomic mass is 9.53. The Labute approximate surface area is 152 Å². The number of amides is 2. The number of carbonyl (C=O) groups excluding carboxylic acids is 3. The van der Waals surface area contributed by atoms with Gasteiger partial charge in [-0.2, -0.15) is 0 Å². The van der Waals surface area contributed by atoms with E-state index in [4.69, 9.17) is 4.74 Å². The number of nitrogens with one attached hydrogen (secondary N) is 1. The lowest BCUT2D eigenvalue weighted by Crippen LogP contribution is -2.61. The summed E-state index contributed by atoms with van der Waals surface area (Å²) in [7, 11) is 0. The summed E-state index contributed by atoms with van der Waals surface area (Å²) in [5.74, 6) is 2.25. The molecule has 1 heterocycles. The van der Waals surface area contributed by atoms with Crippen molar-refractivity contribution in [3.8, 4) is 0 Å². The van der Waals surface area contributed by atoms with Gasteiger partial charge in [0.15, 0.2) is 6.10 Å². The molecule has 6 nitrogen and oxygen atoms in total. The number of ether oxygens (including phenoxy) is 1. The van der Waals surface area contributed by atoms with Gasteiger partial charge in [-0.05, 0) is 63.2 Å². The maximum atomic E-state index is 12.6. The van der Waals surface area contributed by atoms with Crippen molar-refractivity contribution in [1.82, 2.24) is 10.2 Å². The van der Waals surface area contributed by atoms with E-state index < -0.39 is 12.1 Å². The van der Waals surface area contributed by atoms with Gasteiger partial charge in [-0.15, -0.1) is 0 Å². The zero-order chi connectivity index (χ0) is 17.6. The van der Waals surface area contributed by atoms with Crippen LogP contribution in [-0.2, 0) is 14.3 Å². The third-order valence-electron chi connectivity index (χ3n) is 6.27. The summed E-state index contributed by atoms with van der Waals surface area (Å²) >= 11 is 1.21. The van der Waals surface area contributed by atoms with Crippen LogP contribution < -0.4 is 5.32 Å². The van der Waals surface area contributed by atoms with E-state index >= 15 is 0 Å². The molecule has 5 fully saturated rings. The van der Waals surface area contributed by atoms with Crippen LogP contribution in [0.2, 0.25) is 0 Å². The highest BCUT2D eigenvalue weighted by Crippen LogP contribution is 2.55. The molecule has 4 saturated carbocycles. The van der Waals surface area contributed by atoms with Gasteiger partial charge in [-0.1, -0.05) is 11.8 Å². The summed E-state index contributed by atoms with van der Waals surface area (Å²) in [5.41, 5.74) is -0.0753. The Morgan fingerprint density at radius 3 is 2.36 bits per heavy atom. The second-order valence-corrected chi connectivity index (χ2v) is 9.40. The van der Waals surface area contributed by atoms with E-state index in [2.05, 4.69) is 5.32 Å². The smallest absolute Gasteiger partial charge is 0.326 e. The molecule has 5 rings (SSSR count). The van der Waals surface area contributed by atoms with Crippen LogP contribution in [0.1, 0.15) is 45.4 Å². The van der Waals surface area contributed by atoms with Crippen molar-refractivity contribution in [2.45, 2.75) is 57.1 Å². The first kappa shape index (κ1) is 17.2. The first-order valence-electron chi connectivity index (χ1n) is 9.36. The maximum Gasteiger partial charge on any atom is 0.326 e. The zero-order valence-electron chi connectivity index (χ0n) is 14.7. The molecule has 2 amide bonds. The van der Waals surface area contributed by atoms with Crippen molar-refractivity contribution in [1.29, 1.82) is 0 Å². The number of rotatable bonds is 5. The van der Waals surface area contributed by atoms with Crippen molar-refractivity contribution in [3.63, 3.8) is 0 Å². The number of nitrogens with zero attached hydrogens (tertiary/aromatic N) is 1. The van der Waals surface area contributed by atoms with Crippen LogP contribution in [-0.4, -0.2) is 52.5 Å². The fourth-order valence-corrected chi connectivity index (χ4v) is 6.46. The van der Waals surface area contributed by atoms with Gasteiger partial charge in [0, 0.05) is 17.8 Å². The highest BCUT2D eigenvalue weighted by Gasteiger charge is 2.51. The monoisotopic (exact) mass is 366 g/mol. The van der Waals surface area contributed by atoms with E-state index in [0.717, 1.165) is 37.0 Å². The molecule has 0 aromatic rings. The molecule has 0 radical (unpaired) electrons. The van der Waals surface area contributed by atoms with Gasteiger partial charge >= 0.3 is 5.97 Å². The van der Waals surface area contributed by atoms with Gasteiger partial charge in [0.2, 0.25) is 0 Å². The van der Waals surface area contributed by atoms with Gasteiger partial charge < -0.3 is 15.0 Å². The number of thioether (sulfide) groups is 1. The van der Waals surface area contributed by atoms with Crippen LogP contribution >= 0.6 is 11.8 Å². The Kier molecular flexibility index (Phi) is 4.46. The minimum atomic E-state index is -0.814. The molecular weight excluding hydrogens is 340 g/mol. The molecule has 0 unspecified atom stereocenters. The van der Waals surface area contributed by atoms with Crippen LogP contribution in [0.5, 0.6) is 0 Å². The Hall–Kier alpha value is -1.24. The predicted molar refractivity (Wildman–Crippen MR) is 94.0 cm³/mol. The van der Waals surface area contributed by atoms with Gasteiger partial charge in [0.05, 0.1) is 0 Å². The molecular formula is C18H26N2O4S. The summed E-state index contributed by atoms with van der Waals surface area (Å²) < 4.78 is 5.28. The zero-order valence-corrected chi connectivity index (χ0v) is 15.5. The molecule has 25 heavy (non-hydrogen) atoms. The molecule has 1 N–H and O–H groups in total. The average molecular weight is 366 g/mol. The Morgan fingerprint density at radius 1 is 1.24 bits per heavy atom. The lowest BCUT2D eigenvalue weighted by molar-refractivity contribution is -0.157. The SMILES string of the molecule is C[C@H](OC(=O)CN1CCSC1=O)C(=O)NC12CC3CC(CC(C3)C1)C2. The van der Waals surface area contributed by atoms with Crippen molar-refractivity contribution >= 4 is 28.9 Å². The first-order chi connectivity index (χ1) is 11.9. The Bertz CT molecular complexity index is 558. The fraction of sp³-hybridized carbons (Fsp3) is 0.833. The van der Waals surface area contributed by atoms with Crippen molar-refractivity contribution in [2.75, 3.05) is 18.8 Å². The second kappa shape index (κ2) is 6.49. The van der Waals surface area contributed by atoms with Gasteiger partial charge in [0.25, 0.3) is 11.1 Å². The van der Waals surface area contributed by atoms with Gasteiger partial charge in [-0.3, -0.25) is 14.4 Å². The molecule has 1 saturated heterocycles. The number of carbonyl (C=O) groups is 3. The molecule has 4 aliphatic carbocycles. The molecule has 138 valence electrons. The fourth-order valence-electron chi connectivity index (χ4n) is 5.64. The van der Waals surface area contributed by atoms with Crippen molar-refractivity contribution < 1.29 is 19.1 Å². The van der Waals surface area contributed by atoms with Crippen LogP contribution in [0.3, 0.4) is 0 Å². The number of esters is 1. The minimum absolute atomic E-state index is 0.0686. The third kappa shape index (κ3) is 3.52. The highest BCUT2D eigenvalue weighted by atomic mass is 32.2. The first-order valence-corrected chi connectivity index (χ1v) is 10.3. The predicted octanol–water partition coefficient (Wildman–Crippen LogP) is 2.17. The minimum Gasteiger partial charge on any atom is -0.451 e. The standard InChI is InChI=1S/C18H26N2O4S/c1-11(24-15(21)10-20-2-3-25-17(20)23)16(22)19-18-7-12-4-13(8-18)6-14(5-12)9-18/h11-14H,2-10H2,1H3,(H,19,22)/t11-,12?,13?,14?,18?/m0/s1. The van der Waals surface area contributed by atoms with Crippen molar-refractivity contribution in [3.05, 3.63) is 0 Å². The number of hydrogen-bond acceptors (Lipinski definition) is 5. The quantitative estimate of drug-likeness (QED) is 0.755. The van der Waals surface area contributed by atoms with E-state index in [9.17, 15) is 14.4 Å². The van der Waals surface area contributed by atoms with Crippen LogP contribution in [0.25, 0.3) is 0 Å². The Balaban J connectivity index is 1.30. The molecule has 0 aromatic heterocycles. The van der Waals surface area contributed by atoms with Crippen molar-refractivity contribution in [2.24, 2.45) is 17.8 Å². The van der Waals surface area contributed by atoms with E-state index in [0.29, 0.717) is 12.3 Å². The van der Waals surface area contributed by atoms with E-state index in [-0.39, 0.29) is 23.2 Å². The summed E-state index contributed by atoms with van der Waals surface area (Å²) in [5, 5.41) is 3.14. The molecule has 0 aromatic carbocycles. The molecule has 7 heteroatoms. The topological polar surface area (TPSA) is 75.7 Å². The largest absolute Gasteiger partial charge is 0.451 e. The van der Waals surface area contributed by atoms with E-state index in [1.165, 1.54) is 35.9 Å². The molecule has 4 bridgehead atoms. The normalized spacial score (nSPS) is 37.2. The Morgan fingerprint density at radius 2 is 1.84 bits per heavy atom. The third-order valence-corrected chi connectivity index (χ3v) is 7.16. The molecule has 5 aliphatic rings. The number of hydrogen-bond donors (Lipinski definition) is 1. The molecule has 0 spiro atoms. The van der Waals surface area contributed by atoms with Crippen LogP contribution in [0, 0.1) is 17.8 Å². The summed E-state index contributed by atoms with van der Waals surface area (Å²) in [6.45, 7) is 2.11.